The van der Waals surface area contributed by atoms with E-state index in [1.54, 1.807) is 0 Å². The van der Waals surface area contributed by atoms with Gasteiger partial charge in [0.25, 0.3) is 10.0 Å². The highest BCUT2D eigenvalue weighted by molar-refractivity contribution is 6.43. The van der Waals surface area contributed by atoms with Gasteiger partial charge in [0.05, 0.1) is 0 Å². The van der Waals surface area contributed by atoms with Crippen LogP contribution in [0.15, 0.2) is 0 Å². The summed E-state index contributed by atoms with van der Waals surface area (Å²) in [6.07, 6.45) is 5.91. The topological polar surface area (TPSA) is 52.6 Å². The summed E-state index contributed by atoms with van der Waals surface area (Å²) in [5.41, 5.74) is 0. The zero-order valence-electron chi connectivity index (χ0n) is 11.0. The molecule has 118 valence electrons. The molecule has 0 aromatic carbocycles. The Bertz CT molecular complexity index is 257. The average molecular weight is 368 g/mol. The molecule has 0 heterocycles. The van der Waals surface area contributed by atoms with Crippen LogP contribution in [-0.4, -0.2) is 22.0 Å². The fraction of sp³-hybridized carbons (Fsp3) is 0.833. The average Bonchev–Trinajstić information content (AvgIpc) is 2.30. The molecule has 0 radical (unpaired) electrons. The molecule has 0 aliphatic carbocycles. The van der Waals surface area contributed by atoms with Crippen molar-refractivity contribution in [1.82, 2.24) is 0 Å². The van der Waals surface area contributed by atoms with Crippen molar-refractivity contribution in [2.24, 2.45) is 0 Å². The van der Waals surface area contributed by atoms with Crippen LogP contribution in [0.5, 0.6) is 0 Å². The quantitative estimate of drug-likeness (QED) is 0.301. The van der Waals surface area contributed by atoms with Crippen LogP contribution in [0.4, 0.5) is 0 Å². The number of carbonyl (C=O) groups excluding carboxylic acids is 2. The third-order valence-electron chi connectivity index (χ3n) is 2.45. The molecule has 0 N–H and O–H groups in total. The van der Waals surface area contributed by atoms with Gasteiger partial charge in [0.1, 0.15) is 0 Å². The zero-order valence-corrected chi connectivity index (χ0v) is 14.0. The first kappa shape index (κ1) is 20.1. The van der Waals surface area contributed by atoms with Gasteiger partial charge in [-0.25, -0.2) is 0 Å². The Kier molecular flexibility index (Phi) is 12.9. The molecule has 0 rings (SSSR count). The molecular formula is C12H18Cl4O4. The highest BCUT2D eigenvalue weighted by Crippen LogP contribution is 2.12. The summed E-state index contributed by atoms with van der Waals surface area (Å²) in [5.74, 6) is -0.779. The summed E-state index contributed by atoms with van der Waals surface area (Å²) in [7, 11) is 0. The lowest BCUT2D eigenvalue weighted by Gasteiger charge is -2.05. The predicted octanol–water partition coefficient (Wildman–Crippen LogP) is 4.72. The first-order valence-electron chi connectivity index (χ1n) is 6.37. The SMILES string of the molecule is O=C(CCCCCCCCC(=O)OC(Cl)Cl)OC(Cl)Cl. The third-order valence-corrected chi connectivity index (χ3v) is 2.81. The van der Waals surface area contributed by atoms with Crippen molar-refractivity contribution in [3.63, 3.8) is 0 Å². The van der Waals surface area contributed by atoms with E-state index in [0.29, 0.717) is 12.8 Å². The lowest BCUT2D eigenvalue weighted by molar-refractivity contribution is -0.144. The Morgan fingerprint density at radius 1 is 0.650 bits per heavy atom. The predicted molar refractivity (Wildman–Crippen MR) is 80.1 cm³/mol. The van der Waals surface area contributed by atoms with Gasteiger partial charge in [0.15, 0.2) is 0 Å². The van der Waals surface area contributed by atoms with Crippen molar-refractivity contribution in [3.8, 4) is 0 Å². The van der Waals surface area contributed by atoms with Crippen LogP contribution < -0.4 is 0 Å². The van der Waals surface area contributed by atoms with Crippen LogP contribution in [0.1, 0.15) is 51.4 Å². The first-order chi connectivity index (χ1) is 9.41. The number of unbranched alkanes of at least 4 members (excludes halogenated alkanes) is 5. The maximum absolute atomic E-state index is 11.1. The molecule has 0 saturated heterocycles. The largest absolute Gasteiger partial charge is 0.431 e. The second-order valence-corrected chi connectivity index (χ2v) is 6.15. The van der Waals surface area contributed by atoms with Crippen LogP contribution in [0, 0.1) is 0 Å². The minimum absolute atomic E-state index is 0.315. The summed E-state index contributed by atoms with van der Waals surface area (Å²) in [4.78, 5) is 22.2. The van der Waals surface area contributed by atoms with Crippen molar-refractivity contribution in [2.45, 2.75) is 61.4 Å². The van der Waals surface area contributed by atoms with E-state index in [4.69, 9.17) is 46.4 Å². The lowest BCUT2D eigenvalue weighted by atomic mass is 10.1. The van der Waals surface area contributed by atoms with Crippen LogP contribution in [0.3, 0.4) is 0 Å². The van der Waals surface area contributed by atoms with E-state index >= 15 is 0 Å². The molecule has 0 aromatic heterocycles. The summed E-state index contributed by atoms with van der Waals surface area (Å²) in [5, 5.41) is -2.19. The monoisotopic (exact) mass is 366 g/mol. The van der Waals surface area contributed by atoms with Gasteiger partial charge >= 0.3 is 11.9 Å². The second-order valence-electron chi connectivity index (χ2n) is 4.12. The van der Waals surface area contributed by atoms with Crippen molar-refractivity contribution in [3.05, 3.63) is 0 Å². The van der Waals surface area contributed by atoms with Gasteiger partial charge < -0.3 is 9.47 Å². The van der Waals surface area contributed by atoms with Crippen LogP contribution in [0.25, 0.3) is 0 Å². The maximum Gasteiger partial charge on any atom is 0.308 e. The Hall–Kier alpha value is 0.1000. The van der Waals surface area contributed by atoms with Crippen molar-refractivity contribution < 1.29 is 19.1 Å². The molecule has 0 atom stereocenters. The number of ether oxygens (including phenoxy) is 2. The molecule has 0 bridgehead atoms. The lowest BCUT2D eigenvalue weighted by Crippen LogP contribution is -2.07. The van der Waals surface area contributed by atoms with Crippen molar-refractivity contribution >= 4 is 58.3 Å². The first-order valence-corrected chi connectivity index (χ1v) is 8.11. The van der Waals surface area contributed by atoms with Gasteiger partial charge in [-0.3, -0.25) is 9.59 Å². The van der Waals surface area contributed by atoms with E-state index in [9.17, 15) is 9.59 Å². The Balaban J connectivity index is 3.29. The number of hydrogen-bond donors (Lipinski definition) is 0. The van der Waals surface area contributed by atoms with Gasteiger partial charge in [-0.2, -0.15) is 0 Å². The number of esters is 2. The molecule has 0 aliphatic heterocycles. The van der Waals surface area contributed by atoms with E-state index in [1.807, 2.05) is 0 Å². The number of alkyl halides is 4. The summed E-state index contributed by atoms with van der Waals surface area (Å²) < 4.78 is 9.14. The maximum atomic E-state index is 11.1. The van der Waals surface area contributed by atoms with Crippen LogP contribution in [-0.2, 0) is 19.1 Å². The van der Waals surface area contributed by atoms with E-state index in [-0.39, 0.29) is 11.9 Å². The van der Waals surface area contributed by atoms with Gasteiger partial charge in [0.2, 0.25) is 0 Å². The second kappa shape index (κ2) is 12.8. The van der Waals surface area contributed by atoms with E-state index in [2.05, 4.69) is 9.47 Å². The summed E-state index contributed by atoms with van der Waals surface area (Å²) in [6.45, 7) is 0. The molecule has 8 heteroatoms. The minimum atomic E-state index is -1.09. The van der Waals surface area contributed by atoms with Crippen molar-refractivity contribution in [1.29, 1.82) is 0 Å². The standard InChI is InChI=1S/C12H18Cl4O4/c13-11(14)19-9(17)7-5-3-1-2-4-6-8-10(18)20-12(15)16/h11-12H,1-8H2. The van der Waals surface area contributed by atoms with Crippen LogP contribution in [0.2, 0.25) is 0 Å². The number of rotatable bonds is 11. The smallest absolute Gasteiger partial charge is 0.308 e. The molecule has 20 heavy (non-hydrogen) atoms. The fourth-order valence-corrected chi connectivity index (χ4v) is 1.96. The molecule has 0 unspecified atom stereocenters. The summed E-state index contributed by atoms with van der Waals surface area (Å²) in [6, 6.07) is 0. The molecule has 0 aromatic rings. The molecule has 0 saturated carbocycles. The van der Waals surface area contributed by atoms with Gasteiger partial charge in [-0.15, -0.1) is 0 Å². The molecule has 0 aliphatic rings. The number of hydrogen-bond acceptors (Lipinski definition) is 4. The minimum Gasteiger partial charge on any atom is -0.431 e. The normalized spacial score (nSPS) is 10.9. The Labute approximate surface area is 139 Å². The highest BCUT2D eigenvalue weighted by atomic mass is 35.5. The number of halogens is 4. The Morgan fingerprint density at radius 3 is 1.25 bits per heavy atom. The molecule has 4 nitrogen and oxygen atoms in total. The van der Waals surface area contributed by atoms with E-state index in [0.717, 1.165) is 38.5 Å². The molecule has 0 amide bonds. The molecular weight excluding hydrogens is 350 g/mol. The van der Waals surface area contributed by atoms with Gasteiger partial charge in [0, 0.05) is 12.8 Å². The zero-order chi connectivity index (χ0) is 15.4. The van der Waals surface area contributed by atoms with E-state index < -0.39 is 10.0 Å². The molecule has 0 fully saturated rings. The fourth-order valence-electron chi connectivity index (χ4n) is 1.56. The van der Waals surface area contributed by atoms with Crippen LogP contribution >= 0.6 is 46.4 Å². The molecule has 0 spiro atoms. The summed E-state index contributed by atoms with van der Waals surface area (Å²) >= 11 is 21.2. The third kappa shape index (κ3) is 14.5. The van der Waals surface area contributed by atoms with Gasteiger partial charge in [-0.05, 0) is 12.8 Å². The van der Waals surface area contributed by atoms with Crippen molar-refractivity contribution in [2.75, 3.05) is 0 Å². The van der Waals surface area contributed by atoms with Gasteiger partial charge in [-0.1, -0.05) is 72.1 Å². The number of carbonyl (C=O) groups is 2. The Morgan fingerprint density at radius 2 is 0.950 bits per heavy atom. The highest BCUT2D eigenvalue weighted by Gasteiger charge is 2.08. The van der Waals surface area contributed by atoms with E-state index in [1.165, 1.54) is 0 Å².